The Labute approximate surface area is 174 Å². The topological polar surface area (TPSA) is 37.4 Å². The Morgan fingerprint density at radius 1 is 0.600 bits per heavy atom. The molecule has 1 saturated heterocycles. The molecule has 4 heteroatoms. The van der Waals surface area contributed by atoms with Gasteiger partial charge in [-0.15, -0.1) is 0 Å². The molecule has 1 aliphatic heterocycles. The van der Waals surface area contributed by atoms with Gasteiger partial charge in [-0.05, 0) is 23.3 Å². The minimum Gasteiger partial charge on any atom is -0.274 e. The van der Waals surface area contributed by atoms with Crippen LogP contribution in [-0.2, 0) is 9.59 Å². The summed E-state index contributed by atoms with van der Waals surface area (Å²) in [4.78, 5) is 28.2. The summed E-state index contributed by atoms with van der Waals surface area (Å²) in [5, 5.41) is 0. The largest absolute Gasteiger partial charge is 0.274 e. The average molecular weight is 397 g/mol. The van der Waals surface area contributed by atoms with Gasteiger partial charge in [-0.2, -0.15) is 0 Å². The third-order valence-corrected chi connectivity index (χ3v) is 6.16. The minimum absolute atomic E-state index is 0.0283. The third kappa shape index (κ3) is 2.88. The van der Waals surface area contributed by atoms with E-state index in [-0.39, 0.29) is 29.3 Å². The third-order valence-electron chi connectivity index (χ3n) is 6.16. The van der Waals surface area contributed by atoms with E-state index in [0.717, 1.165) is 16.0 Å². The van der Waals surface area contributed by atoms with Gasteiger partial charge in [0.05, 0.1) is 17.5 Å². The molecule has 0 aromatic heterocycles. The zero-order valence-electron chi connectivity index (χ0n) is 16.2. The smallest absolute Gasteiger partial charge is 0.238 e. The number of hydrogen-bond acceptors (Lipinski definition) is 2. The van der Waals surface area contributed by atoms with Gasteiger partial charge in [-0.1, -0.05) is 84.9 Å². The van der Waals surface area contributed by atoms with Gasteiger partial charge in [0.1, 0.15) is 5.82 Å². The number of rotatable bonds is 3. The van der Waals surface area contributed by atoms with Gasteiger partial charge in [0.15, 0.2) is 0 Å². The van der Waals surface area contributed by atoms with Crippen molar-refractivity contribution in [3.63, 3.8) is 0 Å². The molecule has 2 amide bonds. The van der Waals surface area contributed by atoms with Gasteiger partial charge >= 0.3 is 0 Å². The maximum atomic E-state index is 14.5. The number of fused-ring (bicyclic) bond motifs is 1. The summed E-state index contributed by atoms with van der Waals surface area (Å²) in [5.41, 5.74) is 1.99. The van der Waals surface area contributed by atoms with E-state index in [1.54, 1.807) is 12.1 Å². The van der Waals surface area contributed by atoms with Crippen LogP contribution in [0.4, 0.5) is 10.1 Å². The van der Waals surface area contributed by atoms with E-state index in [2.05, 4.69) is 0 Å². The Kier molecular flexibility index (Phi) is 4.55. The molecule has 1 fully saturated rings. The van der Waals surface area contributed by atoms with Crippen LogP contribution in [0, 0.1) is 17.7 Å². The number of allylic oxidation sites excluding steroid dienone is 2. The molecule has 148 valence electrons. The maximum absolute atomic E-state index is 14.5. The Balaban J connectivity index is 1.65. The molecule has 0 saturated carbocycles. The van der Waals surface area contributed by atoms with Crippen molar-refractivity contribution in [2.45, 2.75) is 11.8 Å². The van der Waals surface area contributed by atoms with E-state index in [9.17, 15) is 14.0 Å². The highest BCUT2D eigenvalue weighted by atomic mass is 19.1. The fraction of sp³-hybridized carbons (Fsp3) is 0.154. The first-order valence-electron chi connectivity index (χ1n) is 10.1. The monoisotopic (exact) mass is 397 g/mol. The number of hydrogen-bond donors (Lipinski definition) is 0. The van der Waals surface area contributed by atoms with Crippen molar-refractivity contribution >= 4 is 17.5 Å². The van der Waals surface area contributed by atoms with Crippen LogP contribution in [0.15, 0.2) is 97.1 Å². The summed E-state index contributed by atoms with van der Waals surface area (Å²) in [7, 11) is 0. The fourth-order valence-electron chi connectivity index (χ4n) is 4.80. The molecule has 0 spiro atoms. The Bertz CT molecular complexity index is 1060. The van der Waals surface area contributed by atoms with E-state index < -0.39 is 17.7 Å². The number of carbonyl (C=O) groups is 2. The molecule has 1 aliphatic carbocycles. The van der Waals surface area contributed by atoms with Gasteiger partial charge in [0, 0.05) is 11.8 Å². The lowest BCUT2D eigenvalue weighted by Crippen LogP contribution is -2.32. The number of halogens is 1. The first-order valence-corrected chi connectivity index (χ1v) is 10.1. The Hall–Kier alpha value is -3.53. The quantitative estimate of drug-likeness (QED) is 0.457. The van der Waals surface area contributed by atoms with Crippen LogP contribution < -0.4 is 4.90 Å². The van der Waals surface area contributed by atoms with Crippen LogP contribution in [0.2, 0.25) is 0 Å². The predicted octanol–water partition coefficient (Wildman–Crippen LogP) is 5.07. The molecule has 0 unspecified atom stereocenters. The SMILES string of the molecule is O=C1[C@@H]2[C@H](C(=O)N1c1ccccc1F)[C@H](c1ccccc1)C=C[C@H]2c1ccccc1. The number of imide groups is 1. The van der Waals surface area contributed by atoms with Crippen molar-refractivity contribution in [1.29, 1.82) is 0 Å². The number of benzene rings is 3. The zero-order valence-corrected chi connectivity index (χ0v) is 16.2. The Morgan fingerprint density at radius 2 is 1.03 bits per heavy atom. The van der Waals surface area contributed by atoms with Gasteiger partial charge in [0.25, 0.3) is 0 Å². The summed E-state index contributed by atoms with van der Waals surface area (Å²) in [6, 6.07) is 25.4. The highest BCUT2D eigenvalue weighted by Gasteiger charge is 2.55. The van der Waals surface area contributed by atoms with Crippen molar-refractivity contribution in [3.05, 3.63) is 114 Å². The molecule has 5 rings (SSSR count). The standard InChI is InChI=1S/C26H20FNO2/c27-21-13-7-8-14-22(21)28-25(29)23-19(17-9-3-1-4-10-17)15-16-20(24(23)26(28)30)18-11-5-2-6-12-18/h1-16,19-20,23-24H/t19-,20-,23-,24+/m0/s1. The van der Waals surface area contributed by atoms with Crippen molar-refractivity contribution in [3.8, 4) is 0 Å². The van der Waals surface area contributed by atoms with E-state index in [1.165, 1.54) is 12.1 Å². The summed E-state index contributed by atoms with van der Waals surface area (Å²) >= 11 is 0. The maximum Gasteiger partial charge on any atom is 0.238 e. The molecule has 3 nitrogen and oxygen atoms in total. The first-order chi connectivity index (χ1) is 14.7. The van der Waals surface area contributed by atoms with E-state index in [0.29, 0.717) is 0 Å². The number of para-hydroxylation sites is 1. The number of anilines is 1. The van der Waals surface area contributed by atoms with E-state index >= 15 is 0 Å². The molecular formula is C26H20FNO2. The minimum atomic E-state index is -0.574. The lowest BCUT2D eigenvalue weighted by Gasteiger charge is -2.32. The first kappa shape index (κ1) is 18.5. The summed E-state index contributed by atoms with van der Waals surface area (Å²) in [5.74, 6) is -2.86. The molecule has 1 heterocycles. The van der Waals surface area contributed by atoms with Crippen molar-refractivity contribution < 1.29 is 14.0 Å². The van der Waals surface area contributed by atoms with Crippen LogP contribution >= 0.6 is 0 Å². The highest BCUT2D eigenvalue weighted by molar-refractivity contribution is 6.23. The summed E-state index contributed by atoms with van der Waals surface area (Å²) in [6.45, 7) is 0. The molecule has 0 bridgehead atoms. The predicted molar refractivity (Wildman–Crippen MR) is 113 cm³/mol. The second-order valence-electron chi connectivity index (χ2n) is 7.77. The van der Waals surface area contributed by atoms with Crippen LogP contribution in [0.25, 0.3) is 0 Å². The van der Waals surface area contributed by atoms with Crippen molar-refractivity contribution in [1.82, 2.24) is 0 Å². The van der Waals surface area contributed by atoms with Gasteiger partial charge in [-0.3, -0.25) is 9.59 Å². The molecule has 4 atom stereocenters. The molecule has 30 heavy (non-hydrogen) atoms. The van der Waals surface area contributed by atoms with Crippen molar-refractivity contribution in [2.75, 3.05) is 4.90 Å². The van der Waals surface area contributed by atoms with Crippen molar-refractivity contribution in [2.24, 2.45) is 11.8 Å². The second-order valence-corrected chi connectivity index (χ2v) is 7.77. The lowest BCUT2D eigenvalue weighted by molar-refractivity contribution is -0.122. The molecular weight excluding hydrogens is 377 g/mol. The molecule has 3 aromatic carbocycles. The van der Waals surface area contributed by atoms with E-state index in [4.69, 9.17) is 0 Å². The molecule has 3 aromatic rings. The van der Waals surface area contributed by atoms with E-state index in [1.807, 2.05) is 72.8 Å². The molecule has 2 aliphatic rings. The van der Waals surface area contributed by atoms with Gasteiger partial charge < -0.3 is 0 Å². The fourth-order valence-corrected chi connectivity index (χ4v) is 4.80. The second kappa shape index (κ2) is 7.38. The van der Waals surface area contributed by atoms with Crippen LogP contribution in [0.1, 0.15) is 23.0 Å². The number of carbonyl (C=O) groups excluding carboxylic acids is 2. The Morgan fingerprint density at radius 3 is 1.50 bits per heavy atom. The molecule has 0 N–H and O–H groups in total. The summed E-state index contributed by atoms with van der Waals surface area (Å²) < 4.78 is 14.5. The number of amides is 2. The van der Waals surface area contributed by atoms with Crippen LogP contribution in [-0.4, -0.2) is 11.8 Å². The number of nitrogens with zero attached hydrogens (tertiary/aromatic N) is 1. The highest BCUT2D eigenvalue weighted by Crippen LogP contribution is 2.50. The summed E-state index contributed by atoms with van der Waals surface area (Å²) in [6.07, 6.45) is 4.06. The van der Waals surface area contributed by atoms with Gasteiger partial charge in [-0.25, -0.2) is 9.29 Å². The lowest BCUT2D eigenvalue weighted by atomic mass is 9.68. The molecule has 0 radical (unpaired) electrons. The van der Waals surface area contributed by atoms with Crippen LogP contribution in [0.3, 0.4) is 0 Å². The average Bonchev–Trinajstić information content (AvgIpc) is 3.06. The van der Waals surface area contributed by atoms with Gasteiger partial charge in [0.2, 0.25) is 11.8 Å². The van der Waals surface area contributed by atoms with Crippen LogP contribution in [0.5, 0.6) is 0 Å². The normalized spacial score (nSPS) is 25.4. The zero-order chi connectivity index (χ0) is 20.7.